The quantitative estimate of drug-likeness (QED) is 0.653. The predicted octanol–water partition coefficient (Wildman–Crippen LogP) is 3.34. The molecule has 0 aromatic heterocycles. The molecule has 0 saturated carbocycles. The highest BCUT2D eigenvalue weighted by atomic mass is 32.2. The summed E-state index contributed by atoms with van der Waals surface area (Å²) in [5.41, 5.74) is 0. The van der Waals surface area contributed by atoms with Crippen LogP contribution in [0.1, 0.15) is 60.3 Å². The summed E-state index contributed by atoms with van der Waals surface area (Å²) in [7, 11) is -0.685. The van der Waals surface area contributed by atoms with E-state index in [4.69, 9.17) is 0 Å². The van der Waals surface area contributed by atoms with Gasteiger partial charge in [-0.15, -0.1) is 0 Å². The number of nitrogens with one attached hydrogen (secondary N) is 1. The van der Waals surface area contributed by atoms with Crippen LogP contribution < -0.4 is 5.32 Å². The first-order valence-corrected chi connectivity index (χ1v) is 8.55. The summed E-state index contributed by atoms with van der Waals surface area (Å²) >= 11 is 0. The molecule has 3 unspecified atom stereocenters. The van der Waals surface area contributed by atoms with Crippen LogP contribution in [0.3, 0.4) is 0 Å². The van der Waals surface area contributed by atoms with E-state index in [1.54, 1.807) is 0 Å². The van der Waals surface area contributed by atoms with Gasteiger partial charge in [0.05, 0.1) is 0 Å². The molecule has 0 heterocycles. The largest absolute Gasteiger partial charge is 0.313 e. The maximum absolute atomic E-state index is 12.3. The molecule has 0 saturated heterocycles. The van der Waals surface area contributed by atoms with E-state index in [-0.39, 0.29) is 0 Å². The minimum atomic E-state index is -0.685. The molecular formula is C14H31NOS. The van der Waals surface area contributed by atoms with Crippen molar-refractivity contribution in [3.63, 3.8) is 0 Å². The Bertz CT molecular complexity index is 206. The SMILES string of the molecule is CCCNC(CCC)C(CC)S(=O)CC(C)C. The van der Waals surface area contributed by atoms with Crippen LogP contribution in [-0.2, 0) is 10.8 Å². The molecule has 2 nitrogen and oxygen atoms in total. The van der Waals surface area contributed by atoms with Crippen molar-refractivity contribution in [2.24, 2.45) is 5.92 Å². The number of hydrogen-bond donors (Lipinski definition) is 1. The fourth-order valence-electron chi connectivity index (χ4n) is 2.17. The third-order valence-electron chi connectivity index (χ3n) is 2.94. The zero-order chi connectivity index (χ0) is 13.3. The second-order valence-electron chi connectivity index (χ2n) is 5.24. The molecule has 0 radical (unpaired) electrons. The minimum absolute atomic E-state index is 0.323. The van der Waals surface area contributed by atoms with Crippen LogP contribution in [0.25, 0.3) is 0 Å². The smallest absolute Gasteiger partial charge is 0.0498 e. The van der Waals surface area contributed by atoms with Crippen molar-refractivity contribution in [3.05, 3.63) is 0 Å². The van der Waals surface area contributed by atoms with E-state index >= 15 is 0 Å². The van der Waals surface area contributed by atoms with Gasteiger partial charge in [0.15, 0.2) is 0 Å². The molecule has 104 valence electrons. The predicted molar refractivity (Wildman–Crippen MR) is 78.9 cm³/mol. The molecular weight excluding hydrogens is 230 g/mol. The maximum Gasteiger partial charge on any atom is 0.0498 e. The molecule has 0 aromatic rings. The van der Waals surface area contributed by atoms with E-state index in [0.717, 1.165) is 38.0 Å². The first-order chi connectivity index (χ1) is 8.06. The third-order valence-corrected chi connectivity index (χ3v) is 5.28. The van der Waals surface area contributed by atoms with Gasteiger partial charge in [-0.05, 0) is 31.7 Å². The van der Waals surface area contributed by atoms with Gasteiger partial charge >= 0.3 is 0 Å². The van der Waals surface area contributed by atoms with Crippen LogP contribution in [-0.4, -0.2) is 27.8 Å². The van der Waals surface area contributed by atoms with Crippen LogP contribution in [0.5, 0.6) is 0 Å². The van der Waals surface area contributed by atoms with E-state index in [1.807, 2.05) is 0 Å². The highest BCUT2D eigenvalue weighted by Crippen LogP contribution is 2.15. The highest BCUT2D eigenvalue weighted by molar-refractivity contribution is 7.85. The third kappa shape index (κ3) is 7.20. The Morgan fingerprint density at radius 3 is 2.18 bits per heavy atom. The van der Waals surface area contributed by atoms with Gasteiger partial charge in [0.25, 0.3) is 0 Å². The Morgan fingerprint density at radius 1 is 1.12 bits per heavy atom. The van der Waals surface area contributed by atoms with Crippen molar-refractivity contribution in [1.29, 1.82) is 0 Å². The van der Waals surface area contributed by atoms with Crippen molar-refractivity contribution < 1.29 is 4.21 Å². The van der Waals surface area contributed by atoms with E-state index in [2.05, 4.69) is 39.9 Å². The lowest BCUT2D eigenvalue weighted by Crippen LogP contribution is -2.43. The second-order valence-corrected chi connectivity index (χ2v) is 6.94. The minimum Gasteiger partial charge on any atom is -0.313 e. The molecule has 3 atom stereocenters. The Kier molecular flexibility index (Phi) is 10.1. The van der Waals surface area contributed by atoms with E-state index in [9.17, 15) is 4.21 Å². The first-order valence-electron chi connectivity index (χ1n) is 7.17. The van der Waals surface area contributed by atoms with Crippen molar-refractivity contribution in [1.82, 2.24) is 5.32 Å². The van der Waals surface area contributed by atoms with E-state index < -0.39 is 10.8 Å². The topological polar surface area (TPSA) is 29.1 Å². The summed E-state index contributed by atoms with van der Waals surface area (Å²) in [5.74, 6) is 1.37. The van der Waals surface area contributed by atoms with Crippen LogP contribution in [0.15, 0.2) is 0 Å². The van der Waals surface area contributed by atoms with Gasteiger partial charge in [0.2, 0.25) is 0 Å². The summed E-state index contributed by atoms with van der Waals surface area (Å²) in [5, 5.41) is 3.91. The zero-order valence-electron chi connectivity index (χ0n) is 12.3. The molecule has 0 rings (SSSR count). The fraction of sp³-hybridized carbons (Fsp3) is 1.00. The molecule has 0 aliphatic heterocycles. The monoisotopic (exact) mass is 261 g/mol. The molecule has 0 aliphatic rings. The Morgan fingerprint density at radius 2 is 1.76 bits per heavy atom. The summed E-state index contributed by atoms with van der Waals surface area (Å²) < 4.78 is 12.3. The highest BCUT2D eigenvalue weighted by Gasteiger charge is 2.24. The lowest BCUT2D eigenvalue weighted by atomic mass is 10.1. The Labute approximate surface area is 110 Å². The summed E-state index contributed by atoms with van der Waals surface area (Å²) in [6, 6.07) is 0.435. The van der Waals surface area contributed by atoms with Crippen LogP contribution in [0, 0.1) is 5.92 Å². The lowest BCUT2D eigenvalue weighted by Gasteiger charge is -2.27. The molecule has 1 N–H and O–H groups in total. The average Bonchev–Trinajstić information content (AvgIpc) is 2.25. The van der Waals surface area contributed by atoms with Crippen molar-refractivity contribution in [2.75, 3.05) is 12.3 Å². The van der Waals surface area contributed by atoms with E-state index in [0.29, 0.717) is 17.2 Å². The van der Waals surface area contributed by atoms with Crippen molar-refractivity contribution >= 4 is 10.8 Å². The molecule has 0 aromatic carbocycles. The van der Waals surface area contributed by atoms with Crippen LogP contribution in [0.2, 0.25) is 0 Å². The molecule has 0 aliphatic carbocycles. The maximum atomic E-state index is 12.3. The normalized spacial score (nSPS) is 17.1. The lowest BCUT2D eigenvalue weighted by molar-refractivity contribution is 0.446. The molecule has 0 amide bonds. The molecule has 0 spiro atoms. The Balaban J connectivity index is 4.46. The molecule has 17 heavy (non-hydrogen) atoms. The summed E-state index contributed by atoms with van der Waals surface area (Å²) in [6.07, 6.45) is 4.47. The van der Waals surface area contributed by atoms with Crippen LogP contribution in [0.4, 0.5) is 0 Å². The first kappa shape index (κ1) is 17.1. The van der Waals surface area contributed by atoms with Gasteiger partial charge in [0.1, 0.15) is 0 Å². The van der Waals surface area contributed by atoms with E-state index in [1.165, 1.54) is 0 Å². The molecule has 3 heteroatoms. The van der Waals surface area contributed by atoms with Gasteiger partial charge < -0.3 is 5.32 Å². The van der Waals surface area contributed by atoms with Crippen molar-refractivity contribution in [2.45, 2.75) is 71.6 Å². The van der Waals surface area contributed by atoms with Gasteiger partial charge in [-0.3, -0.25) is 4.21 Å². The number of rotatable bonds is 10. The summed E-state index contributed by atoms with van der Waals surface area (Å²) in [6.45, 7) is 11.9. The second kappa shape index (κ2) is 10.1. The summed E-state index contributed by atoms with van der Waals surface area (Å²) in [4.78, 5) is 0. The molecule has 0 fully saturated rings. The molecule has 0 bridgehead atoms. The average molecular weight is 261 g/mol. The zero-order valence-corrected chi connectivity index (χ0v) is 13.1. The Hall–Kier alpha value is 0.110. The van der Waals surface area contributed by atoms with Gasteiger partial charge in [0, 0.05) is 27.8 Å². The van der Waals surface area contributed by atoms with Gasteiger partial charge in [-0.2, -0.15) is 0 Å². The fourth-order valence-corrected chi connectivity index (χ4v) is 4.04. The van der Waals surface area contributed by atoms with Gasteiger partial charge in [-0.25, -0.2) is 0 Å². The number of hydrogen-bond acceptors (Lipinski definition) is 2. The standard InChI is InChI=1S/C14H31NOS/c1-6-9-13(15-10-7-2)14(8-3)17(16)11-12(4)5/h12-15H,6-11H2,1-5H3. The van der Waals surface area contributed by atoms with Crippen LogP contribution >= 0.6 is 0 Å². The van der Waals surface area contributed by atoms with Gasteiger partial charge in [-0.1, -0.05) is 41.0 Å². The van der Waals surface area contributed by atoms with Crippen molar-refractivity contribution in [3.8, 4) is 0 Å².